The molecule has 0 saturated heterocycles. The maximum Gasteiger partial charge on any atom is 0.0270 e. The molecule has 0 saturated carbocycles. The summed E-state index contributed by atoms with van der Waals surface area (Å²) in [6.45, 7) is 6.84. The summed E-state index contributed by atoms with van der Waals surface area (Å²) in [6, 6.07) is 4.23. The second-order valence-electron chi connectivity index (χ2n) is 4.15. The summed E-state index contributed by atoms with van der Waals surface area (Å²) in [5, 5.41) is 0. The molecule has 0 spiro atoms. The van der Waals surface area contributed by atoms with E-state index in [4.69, 9.17) is 0 Å². The lowest BCUT2D eigenvalue weighted by molar-refractivity contribution is 0.517. The van der Waals surface area contributed by atoms with Crippen LogP contribution in [0.3, 0.4) is 0 Å². The van der Waals surface area contributed by atoms with Crippen LogP contribution in [0.15, 0.2) is 24.5 Å². The Morgan fingerprint density at radius 3 is 2.23 bits per heavy atom. The lowest BCUT2D eigenvalue weighted by atomic mass is 9.94. The molecule has 1 heterocycles. The summed E-state index contributed by atoms with van der Waals surface area (Å²) in [4.78, 5) is 4.02. The Morgan fingerprint density at radius 2 is 1.69 bits per heavy atom. The smallest absolute Gasteiger partial charge is 0.0270 e. The molecule has 0 unspecified atom stereocenters. The van der Waals surface area contributed by atoms with Crippen molar-refractivity contribution in [2.24, 2.45) is 5.92 Å². The molecule has 1 rings (SSSR count). The fourth-order valence-corrected chi connectivity index (χ4v) is 1.44. The molecule has 0 N–H and O–H groups in total. The Labute approximate surface area is 81.2 Å². The van der Waals surface area contributed by atoms with Crippen LogP contribution in [-0.2, 0) is 0 Å². The summed E-state index contributed by atoms with van der Waals surface area (Å²) in [7, 11) is 0. The molecule has 13 heavy (non-hydrogen) atoms. The summed E-state index contributed by atoms with van der Waals surface area (Å²) in [6.07, 6.45) is 6.34. The summed E-state index contributed by atoms with van der Waals surface area (Å²) in [5.74, 6) is 1.48. The molecule has 1 heteroatoms. The van der Waals surface area contributed by atoms with Crippen molar-refractivity contribution in [3.05, 3.63) is 30.1 Å². The second-order valence-corrected chi connectivity index (χ2v) is 4.15. The zero-order chi connectivity index (χ0) is 9.68. The van der Waals surface area contributed by atoms with Crippen LogP contribution in [0.2, 0.25) is 0 Å². The van der Waals surface area contributed by atoms with Gasteiger partial charge in [0.15, 0.2) is 0 Å². The Balaban J connectivity index is 2.44. The van der Waals surface area contributed by atoms with Crippen molar-refractivity contribution in [3.63, 3.8) is 0 Å². The van der Waals surface area contributed by atoms with Crippen LogP contribution in [0.4, 0.5) is 0 Å². The van der Waals surface area contributed by atoms with Gasteiger partial charge in [0.1, 0.15) is 0 Å². The van der Waals surface area contributed by atoms with Crippen molar-refractivity contribution < 1.29 is 0 Å². The molecule has 1 aromatic heterocycles. The van der Waals surface area contributed by atoms with E-state index in [2.05, 4.69) is 37.9 Å². The maximum atomic E-state index is 4.02. The molecule has 0 radical (unpaired) electrons. The van der Waals surface area contributed by atoms with Gasteiger partial charge in [-0.3, -0.25) is 4.98 Å². The lowest BCUT2D eigenvalue weighted by Gasteiger charge is -2.12. The molecule has 0 aromatic carbocycles. The van der Waals surface area contributed by atoms with Gasteiger partial charge >= 0.3 is 0 Å². The topological polar surface area (TPSA) is 12.9 Å². The third kappa shape index (κ3) is 3.58. The SMILES string of the molecule is CC(C)CC[C@H](C)c1ccncc1. The molecule has 0 aliphatic heterocycles. The minimum atomic E-state index is 0.672. The van der Waals surface area contributed by atoms with Crippen LogP contribution in [0, 0.1) is 5.92 Å². The molecule has 0 aliphatic carbocycles. The van der Waals surface area contributed by atoms with Crippen LogP contribution >= 0.6 is 0 Å². The van der Waals surface area contributed by atoms with Gasteiger partial charge in [0.2, 0.25) is 0 Å². The molecule has 0 aliphatic rings. The highest BCUT2D eigenvalue weighted by molar-refractivity contribution is 5.14. The number of pyridine rings is 1. The highest BCUT2D eigenvalue weighted by Gasteiger charge is 2.05. The maximum absolute atomic E-state index is 4.02. The highest BCUT2D eigenvalue weighted by Crippen LogP contribution is 2.21. The number of rotatable bonds is 4. The van der Waals surface area contributed by atoms with E-state index in [1.165, 1.54) is 18.4 Å². The van der Waals surface area contributed by atoms with Gasteiger partial charge in [-0.1, -0.05) is 27.2 Å². The zero-order valence-electron chi connectivity index (χ0n) is 8.83. The van der Waals surface area contributed by atoms with Crippen LogP contribution in [-0.4, -0.2) is 4.98 Å². The molecule has 1 atom stereocenters. The summed E-state index contributed by atoms with van der Waals surface area (Å²) >= 11 is 0. The van der Waals surface area contributed by atoms with Crippen molar-refractivity contribution in [1.82, 2.24) is 4.98 Å². The van der Waals surface area contributed by atoms with Gasteiger partial charge in [-0.15, -0.1) is 0 Å². The number of hydrogen-bond acceptors (Lipinski definition) is 1. The first-order valence-electron chi connectivity index (χ1n) is 5.10. The number of nitrogens with zero attached hydrogens (tertiary/aromatic N) is 1. The van der Waals surface area contributed by atoms with E-state index in [-0.39, 0.29) is 0 Å². The van der Waals surface area contributed by atoms with Gasteiger partial charge in [0, 0.05) is 12.4 Å². The molecular formula is C12H19N. The molecule has 1 nitrogen and oxygen atoms in total. The minimum Gasteiger partial charge on any atom is -0.265 e. The van der Waals surface area contributed by atoms with Gasteiger partial charge in [-0.25, -0.2) is 0 Å². The molecular weight excluding hydrogens is 158 g/mol. The van der Waals surface area contributed by atoms with Gasteiger partial charge in [-0.2, -0.15) is 0 Å². The highest BCUT2D eigenvalue weighted by atomic mass is 14.6. The van der Waals surface area contributed by atoms with Gasteiger partial charge in [-0.05, 0) is 36.0 Å². The first kappa shape index (κ1) is 10.2. The third-order valence-electron chi connectivity index (χ3n) is 2.45. The summed E-state index contributed by atoms with van der Waals surface area (Å²) in [5.41, 5.74) is 1.41. The van der Waals surface area contributed by atoms with Crippen molar-refractivity contribution in [1.29, 1.82) is 0 Å². The number of aromatic nitrogens is 1. The van der Waals surface area contributed by atoms with Crippen molar-refractivity contribution in [3.8, 4) is 0 Å². The first-order valence-corrected chi connectivity index (χ1v) is 5.10. The van der Waals surface area contributed by atoms with Crippen molar-refractivity contribution >= 4 is 0 Å². The monoisotopic (exact) mass is 177 g/mol. The third-order valence-corrected chi connectivity index (χ3v) is 2.45. The molecule has 0 amide bonds. The zero-order valence-corrected chi connectivity index (χ0v) is 8.83. The lowest BCUT2D eigenvalue weighted by Crippen LogP contribution is -1.96. The average molecular weight is 177 g/mol. The normalized spacial score (nSPS) is 13.2. The quantitative estimate of drug-likeness (QED) is 0.684. The van der Waals surface area contributed by atoms with E-state index in [1.807, 2.05) is 12.4 Å². The van der Waals surface area contributed by atoms with Crippen LogP contribution in [0.25, 0.3) is 0 Å². The van der Waals surface area contributed by atoms with Crippen LogP contribution < -0.4 is 0 Å². The molecule has 1 aromatic rings. The van der Waals surface area contributed by atoms with E-state index in [1.54, 1.807) is 0 Å². The summed E-state index contributed by atoms with van der Waals surface area (Å²) < 4.78 is 0. The predicted molar refractivity (Wildman–Crippen MR) is 56.7 cm³/mol. The predicted octanol–water partition coefficient (Wildman–Crippen LogP) is 3.62. The van der Waals surface area contributed by atoms with E-state index >= 15 is 0 Å². The van der Waals surface area contributed by atoms with Crippen LogP contribution in [0.1, 0.15) is 45.1 Å². The van der Waals surface area contributed by atoms with Crippen LogP contribution in [0.5, 0.6) is 0 Å². The Bertz CT molecular complexity index is 228. The van der Waals surface area contributed by atoms with Crippen molar-refractivity contribution in [2.45, 2.75) is 39.5 Å². The second kappa shape index (κ2) is 5.00. The van der Waals surface area contributed by atoms with Gasteiger partial charge in [0.25, 0.3) is 0 Å². The average Bonchev–Trinajstić information content (AvgIpc) is 2.15. The largest absolute Gasteiger partial charge is 0.265 e. The van der Waals surface area contributed by atoms with E-state index in [0.29, 0.717) is 5.92 Å². The fraction of sp³-hybridized carbons (Fsp3) is 0.583. The standard InChI is InChI=1S/C12H19N/c1-10(2)4-5-11(3)12-6-8-13-9-7-12/h6-11H,4-5H2,1-3H3/t11-/m0/s1. The van der Waals surface area contributed by atoms with Gasteiger partial charge < -0.3 is 0 Å². The molecule has 0 fully saturated rings. The van der Waals surface area contributed by atoms with E-state index in [9.17, 15) is 0 Å². The van der Waals surface area contributed by atoms with E-state index < -0.39 is 0 Å². The number of hydrogen-bond donors (Lipinski definition) is 0. The Morgan fingerprint density at radius 1 is 1.08 bits per heavy atom. The Kier molecular flexibility index (Phi) is 3.94. The fourth-order valence-electron chi connectivity index (χ4n) is 1.44. The molecule has 72 valence electrons. The Hall–Kier alpha value is -0.850. The minimum absolute atomic E-state index is 0.672. The van der Waals surface area contributed by atoms with E-state index in [0.717, 1.165) is 5.92 Å². The van der Waals surface area contributed by atoms with Crippen molar-refractivity contribution in [2.75, 3.05) is 0 Å². The first-order chi connectivity index (χ1) is 6.20. The molecule has 0 bridgehead atoms. The van der Waals surface area contributed by atoms with Gasteiger partial charge in [0.05, 0.1) is 0 Å².